The molecule has 10 heteroatoms. The summed E-state index contributed by atoms with van der Waals surface area (Å²) in [7, 11) is 1.55. The molecule has 1 aromatic carbocycles. The number of ether oxygens (including phenoxy) is 2. The number of fused-ring (bicyclic) bond motifs is 1. The molecule has 0 aliphatic carbocycles. The number of hydrogen-bond donors (Lipinski definition) is 4. The van der Waals surface area contributed by atoms with E-state index in [2.05, 4.69) is 20.6 Å². The van der Waals surface area contributed by atoms with Crippen LogP contribution in [0.15, 0.2) is 23.2 Å². The van der Waals surface area contributed by atoms with Crippen molar-refractivity contribution in [2.24, 2.45) is 4.99 Å². The van der Waals surface area contributed by atoms with Gasteiger partial charge in [-0.1, -0.05) is 19.1 Å². The van der Waals surface area contributed by atoms with Crippen LogP contribution in [0.5, 0.6) is 11.5 Å². The summed E-state index contributed by atoms with van der Waals surface area (Å²) in [5.41, 5.74) is 13.5. The first kappa shape index (κ1) is 19.6. The quantitative estimate of drug-likeness (QED) is 0.438. The van der Waals surface area contributed by atoms with Crippen LogP contribution in [0.3, 0.4) is 0 Å². The van der Waals surface area contributed by atoms with E-state index in [1.54, 1.807) is 19.2 Å². The molecule has 0 spiro atoms. The Morgan fingerprint density at radius 1 is 1.31 bits per heavy atom. The first-order chi connectivity index (χ1) is 14.0. The number of anilines is 3. The van der Waals surface area contributed by atoms with Crippen molar-refractivity contribution in [3.63, 3.8) is 0 Å². The second-order valence-electron chi connectivity index (χ2n) is 6.13. The summed E-state index contributed by atoms with van der Waals surface area (Å²) in [5, 5.41) is 23.8. The zero-order chi connectivity index (χ0) is 21.0. The molecule has 1 unspecified atom stereocenters. The number of benzene rings is 1. The fourth-order valence-electron chi connectivity index (χ4n) is 3.07. The van der Waals surface area contributed by atoms with E-state index < -0.39 is 6.04 Å². The lowest BCUT2D eigenvalue weighted by Crippen LogP contribution is -2.33. The van der Waals surface area contributed by atoms with Crippen LogP contribution in [0.2, 0.25) is 0 Å². The number of rotatable bonds is 5. The third kappa shape index (κ3) is 3.51. The highest BCUT2D eigenvalue weighted by molar-refractivity contribution is 5.98. The maximum Gasteiger partial charge on any atom is 0.211 e. The third-order valence-electron chi connectivity index (χ3n) is 4.33. The van der Waals surface area contributed by atoms with Crippen LogP contribution in [-0.4, -0.2) is 24.7 Å². The molecule has 0 bridgehead atoms. The van der Waals surface area contributed by atoms with Gasteiger partial charge in [-0.25, -0.2) is 9.98 Å². The molecule has 3 rings (SSSR count). The second-order valence-corrected chi connectivity index (χ2v) is 6.13. The molecular formula is C19H20N8O2. The van der Waals surface area contributed by atoms with Crippen LogP contribution in [0.1, 0.15) is 36.1 Å². The Morgan fingerprint density at radius 2 is 2.10 bits per heavy atom. The highest BCUT2D eigenvalue weighted by atomic mass is 16.5. The predicted octanol–water partition coefficient (Wildman–Crippen LogP) is 1.86. The molecule has 2 aromatic rings. The van der Waals surface area contributed by atoms with Gasteiger partial charge in [-0.3, -0.25) is 5.32 Å². The number of methoxy groups -OCH3 is 1. The van der Waals surface area contributed by atoms with Crippen molar-refractivity contribution < 1.29 is 9.47 Å². The van der Waals surface area contributed by atoms with Gasteiger partial charge in [-0.2, -0.15) is 10.5 Å². The normalized spacial score (nSPS) is 14.5. The molecular weight excluding hydrogens is 372 g/mol. The van der Waals surface area contributed by atoms with Crippen LogP contribution in [0, 0.1) is 22.8 Å². The Balaban J connectivity index is 2.27. The van der Waals surface area contributed by atoms with E-state index in [1.807, 2.05) is 25.3 Å². The fraction of sp³-hybridized carbons (Fsp3) is 0.263. The minimum Gasteiger partial charge on any atom is -0.493 e. The van der Waals surface area contributed by atoms with Gasteiger partial charge < -0.3 is 26.3 Å². The number of aromatic nitrogens is 1. The number of aliphatic imine (C=N–C) groups is 1. The first-order valence-corrected chi connectivity index (χ1v) is 8.84. The van der Waals surface area contributed by atoms with Gasteiger partial charge in [-0.05, 0) is 12.5 Å². The molecule has 0 fully saturated rings. The Hall–Kier alpha value is -4.18. The van der Waals surface area contributed by atoms with Crippen molar-refractivity contribution >= 4 is 23.3 Å². The van der Waals surface area contributed by atoms with Gasteiger partial charge in [0.2, 0.25) is 5.96 Å². The Morgan fingerprint density at radius 3 is 2.76 bits per heavy atom. The van der Waals surface area contributed by atoms with Crippen LogP contribution in [0.4, 0.5) is 17.3 Å². The maximum absolute atomic E-state index is 9.44. The summed E-state index contributed by atoms with van der Waals surface area (Å²) in [6.07, 6.45) is 2.62. The lowest BCUT2D eigenvalue weighted by atomic mass is 9.94. The van der Waals surface area contributed by atoms with Crippen molar-refractivity contribution in [1.29, 1.82) is 10.5 Å². The Bertz CT molecular complexity index is 1050. The minimum absolute atomic E-state index is 0.0127. The Labute approximate surface area is 167 Å². The van der Waals surface area contributed by atoms with E-state index in [4.69, 9.17) is 26.2 Å². The molecule has 2 heterocycles. The van der Waals surface area contributed by atoms with Gasteiger partial charge in [0.25, 0.3) is 0 Å². The number of nitriles is 2. The number of pyridine rings is 1. The minimum atomic E-state index is -0.704. The van der Waals surface area contributed by atoms with Crippen molar-refractivity contribution in [1.82, 2.24) is 10.3 Å². The van der Waals surface area contributed by atoms with Gasteiger partial charge in [0.15, 0.2) is 17.7 Å². The number of guanidine groups is 1. The highest BCUT2D eigenvalue weighted by Crippen LogP contribution is 2.45. The maximum atomic E-state index is 9.44. The molecule has 148 valence electrons. The van der Waals surface area contributed by atoms with Crippen LogP contribution in [-0.2, 0) is 0 Å². The fourth-order valence-corrected chi connectivity index (χ4v) is 3.07. The van der Waals surface area contributed by atoms with Gasteiger partial charge in [0, 0.05) is 11.1 Å². The lowest BCUT2D eigenvalue weighted by molar-refractivity contribution is 0.290. The summed E-state index contributed by atoms with van der Waals surface area (Å²) < 4.78 is 11.4. The van der Waals surface area contributed by atoms with Crippen molar-refractivity contribution in [2.75, 3.05) is 30.5 Å². The molecule has 6 N–H and O–H groups in total. The van der Waals surface area contributed by atoms with Crippen LogP contribution in [0.25, 0.3) is 0 Å². The second kappa shape index (κ2) is 8.23. The average Bonchev–Trinajstić information content (AvgIpc) is 2.71. The standard InChI is InChI=1S/C19H20N8O2/c1-3-7-29-16-10(5-4-6-12(16)28-2)15-13-14(22)11(8-20)17(23)26-18(13)27-19(25-15)24-9-21/h4-6,15H,3,7H2,1-2H3,(H6,22,23,24,25,26,27). The number of hydrogen-bond acceptors (Lipinski definition) is 10. The average molecular weight is 392 g/mol. The number of nitrogens with one attached hydrogen (secondary N) is 2. The largest absolute Gasteiger partial charge is 0.493 e. The van der Waals surface area contributed by atoms with E-state index in [1.165, 1.54) is 0 Å². The first-order valence-electron chi connectivity index (χ1n) is 8.84. The van der Waals surface area contributed by atoms with E-state index in [0.29, 0.717) is 35.1 Å². The molecule has 0 radical (unpaired) electrons. The van der Waals surface area contributed by atoms with Gasteiger partial charge in [0.05, 0.1) is 19.4 Å². The van der Waals surface area contributed by atoms with Crippen molar-refractivity contribution in [3.05, 3.63) is 34.9 Å². The van der Waals surface area contributed by atoms with E-state index in [9.17, 15) is 5.26 Å². The monoisotopic (exact) mass is 392 g/mol. The van der Waals surface area contributed by atoms with E-state index in [0.717, 1.165) is 6.42 Å². The SMILES string of the molecule is CCCOc1c(OC)cccc1C1N=C(NC#N)Nc2nc(N)c(C#N)c(N)c21. The number of nitrogen functional groups attached to an aromatic ring is 2. The summed E-state index contributed by atoms with van der Waals surface area (Å²) in [4.78, 5) is 8.81. The summed E-state index contributed by atoms with van der Waals surface area (Å²) in [5.74, 6) is 1.50. The molecule has 10 nitrogen and oxygen atoms in total. The topological polar surface area (TPSA) is 167 Å². The number of nitrogens with zero attached hydrogens (tertiary/aromatic N) is 4. The van der Waals surface area contributed by atoms with Crippen molar-refractivity contribution in [3.8, 4) is 23.8 Å². The summed E-state index contributed by atoms with van der Waals surface area (Å²) in [6, 6.07) is 6.68. The molecule has 29 heavy (non-hydrogen) atoms. The van der Waals surface area contributed by atoms with Gasteiger partial charge >= 0.3 is 0 Å². The molecule has 1 aliphatic heterocycles. The molecule has 1 aromatic heterocycles. The molecule has 0 saturated carbocycles. The lowest BCUT2D eigenvalue weighted by Gasteiger charge is -2.27. The number of para-hydroxylation sites is 1. The molecule has 0 amide bonds. The Kier molecular flexibility index (Phi) is 5.56. The van der Waals surface area contributed by atoms with Crippen LogP contribution < -0.4 is 31.6 Å². The third-order valence-corrected chi connectivity index (χ3v) is 4.33. The summed E-state index contributed by atoms with van der Waals surface area (Å²) in [6.45, 7) is 2.46. The van der Waals surface area contributed by atoms with Crippen molar-refractivity contribution in [2.45, 2.75) is 19.4 Å². The smallest absolute Gasteiger partial charge is 0.211 e. The zero-order valence-corrected chi connectivity index (χ0v) is 16.0. The number of nitrogens with two attached hydrogens (primary N) is 2. The highest BCUT2D eigenvalue weighted by Gasteiger charge is 2.32. The van der Waals surface area contributed by atoms with E-state index >= 15 is 0 Å². The molecule has 1 aliphatic rings. The van der Waals surface area contributed by atoms with Gasteiger partial charge in [0.1, 0.15) is 29.3 Å². The molecule has 0 saturated heterocycles. The molecule has 1 atom stereocenters. The zero-order valence-electron chi connectivity index (χ0n) is 16.0. The van der Waals surface area contributed by atoms with E-state index in [-0.39, 0.29) is 23.0 Å². The van der Waals surface area contributed by atoms with Gasteiger partial charge in [-0.15, -0.1) is 0 Å². The predicted molar refractivity (Wildman–Crippen MR) is 108 cm³/mol. The van der Waals surface area contributed by atoms with Crippen LogP contribution >= 0.6 is 0 Å². The summed E-state index contributed by atoms with van der Waals surface area (Å²) >= 11 is 0.